The third kappa shape index (κ3) is 4.83. The van der Waals surface area contributed by atoms with Crippen LogP contribution < -0.4 is 0 Å². The van der Waals surface area contributed by atoms with Gasteiger partial charge >= 0.3 is 0 Å². The van der Waals surface area contributed by atoms with Gasteiger partial charge in [0.05, 0.1) is 5.69 Å². The Morgan fingerprint density at radius 1 is 0.862 bits per heavy atom. The molecule has 2 aromatic carbocycles. The van der Waals surface area contributed by atoms with Crippen molar-refractivity contribution in [1.29, 1.82) is 0 Å². The fraction of sp³-hybridized carbons (Fsp3) is 0.0870. The van der Waals surface area contributed by atoms with E-state index >= 15 is 0 Å². The Balaban J connectivity index is 1.65. The van der Waals surface area contributed by atoms with E-state index in [1.807, 2.05) is 18.3 Å². The molecule has 144 valence electrons. The van der Waals surface area contributed by atoms with Crippen molar-refractivity contribution in [2.75, 3.05) is 6.26 Å². The summed E-state index contributed by atoms with van der Waals surface area (Å²) in [5.41, 5.74) is 4.73. The molecule has 2 heterocycles. The third-order valence-corrected chi connectivity index (χ3v) is 6.08. The van der Waals surface area contributed by atoms with Crippen molar-refractivity contribution < 1.29 is 4.39 Å². The van der Waals surface area contributed by atoms with Crippen LogP contribution in [0.5, 0.6) is 0 Å². The number of nitrogens with zero attached hydrogens (tertiary/aromatic N) is 3. The SMILES string of the molecule is CSc1ccc(CSc2ncc(-c3ccncc3)c(-c3ccc(F)cc3)n2)cc1. The average molecular weight is 420 g/mol. The second-order valence-corrected chi connectivity index (χ2v) is 8.12. The van der Waals surface area contributed by atoms with E-state index in [1.54, 1.807) is 48.1 Å². The van der Waals surface area contributed by atoms with Crippen LogP contribution in [0, 0.1) is 5.82 Å². The molecule has 0 bridgehead atoms. The lowest BCUT2D eigenvalue weighted by Gasteiger charge is -2.11. The molecule has 2 aromatic heterocycles. The van der Waals surface area contributed by atoms with Gasteiger partial charge in [0.15, 0.2) is 5.16 Å². The molecule has 0 saturated carbocycles. The second kappa shape index (κ2) is 9.20. The van der Waals surface area contributed by atoms with E-state index in [0.717, 1.165) is 28.1 Å². The topological polar surface area (TPSA) is 38.7 Å². The van der Waals surface area contributed by atoms with Crippen molar-refractivity contribution in [3.8, 4) is 22.4 Å². The van der Waals surface area contributed by atoms with E-state index in [1.165, 1.54) is 22.6 Å². The van der Waals surface area contributed by atoms with Crippen LogP contribution in [0.2, 0.25) is 0 Å². The summed E-state index contributed by atoms with van der Waals surface area (Å²) in [5.74, 6) is 0.517. The predicted molar refractivity (Wildman–Crippen MR) is 118 cm³/mol. The smallest absolute Gasteiger partial charge is 0.188 e. The van der Waals surface area contributed by atoms with Crippen molar-refractivity contribution in [3.63, 3.8) is 0 Å². The molecular weight excluding hydrogens is 401 g/mol. The van der Waals surface area contributed by atoms with Crippen molar-refractivity contribution in [2.45, 2.75) is 15.8 Å². The maximum atomic E-state index is 13.4. The monoisotopic (exact) mass is 419 g/mol. The highest BCUT2D eigenvalue weighted by Gasteiger charge is 2.12. The molecule has 0 amide bonds. The van der Waals surface area contributed by atoms with Crippen LogP contribution in [0.4, 0.5) is 4.39 Å². The summed E-state index contributed by atoms with van der Waals surface area (Å²) in [5, 5.41) is 0.691. The number of hydrogen-bond donors (Lipinski definition) is 0. The molecule has 0 saturated heterocycles. The molecule has 0 unspecified atom stereocenters. The van der Waals surface area contributed by atoms with Gasteiger partial charge in [-0.1, -0.05) is 23.9 Å². The Labute approximate surface area is 177 Å². The Morgan fingerprint density at radius 3 is 2.28 bits per heavy atom. The molecular formula is C23H18FN3S2. The van der Waals surface area contributed by atoms with Gasteiger partial charge in [0, 0.05) is 40.4 Å². The van der Waals surface area contributed by atoms with E-state index in [0.29, 0.717) is 5.16 Å². The first-order chi connectivity index (χ1) is 14.2. The number of aromatic nitrogens is 3. The average Bonchev–Trinajstić information content (AvgIpc) is 2.79. The van der Waals surface area contributed by atoms with Crippen LogP contribution in [0.25, 0.3) is 22.4 Å². The molecule has 0 fully saturated rings. The van der Waals surface area contributed by atoms with Gasteiger partial charge in [-0.05, 0) is 65.9 Å². The molecule has 4 rings (SSSR count). The quantitative estimate of drug-likeness (QED) is 0.269. The highest BCUT2D eigenvalue weighted by molar-refractivity contribution is 7.98. The lowest BCUT2D eigenvalue weighted by Crippen LogP contribution is -1.95. The first-order valence-electron chi connectivity index (χ1n) is 9.02. The molecule has 3 nitrogen and oxygen atoms in total. The Morgan fingerprint density at radius 2 is 1.59 bits per heavy atom. The third-order valence-electron chi connectivity index (χ3n) is 4.40. The van der Waals surface area contributed by atoms with Gasteiger partial charge in [-0.25, -0.2) is 14.4 Å². The highest BCUT2D eigenvalue weighted by Crippen LogP contribution is 2.32. The minimum atomic E-state index is -0.267. The van der Waals surface area contributed by atoms with E-state index < -0.39 is 0 Å². The molecule has 6 heteroatoms. The minimum absolute atomic E-state index is 0.267. The van der Waals surface area contributed by atoms with Gasteiger partial charge in [-0.15, -0.1) is 11.8 Å². The first-order valence-corrected chi connectivity index (χ1v) is 11.2. The van der Waals surface area contributed by atoms with Crippen LogP contribution in [-0.4, -0.2) is 21.2 Å². The summed E-state index contributed by atoms with van der Waals surface area (Å²) >= 11 is 3.32. The van der Waals surface area contributed by atoms with Crippen LogP contribution in [0.1, 0.15) is 5.56 Å². The van der Waals surface area contributed by atoms with Gasteiger partial charge < -0.3 is 0 Å². The second-order valence-electron chi connectivity index (χ2n) is 6.29. The van der Waals surface area contributed by atoms with Crippen molar-refractivity contribution in [3.05, 3.63) is 90.6 Å². The van der Waals surface area contributed by atoms with E-state index in [-0.39, 0.29) is 5.82 Å². The molecule has 0 aliphatic heterocycles. The molecule has 0 atom stereocenters. The van der Waals surface area contributed by atoms with Crippen LogP contribution in [-0.2, 0) is 5.75 Å². The van der Waals surface area contributed by atoms with Gasteiger partial charge in [0.1, 0.15) is 5.82 Å². The zero-order chi connectivity index (χ0) is 20.1. The first kappa shape index (κ1) is 19.6. The van der Waals surface area contributed by atoms with Crippen molar-refractivity contribution >= 4 is 23.5 Å². The van der Waals surface area contributed by atoms with E-state index in [4.69, 9.17) is 4.98 Å². The lowest BCUT2D eigenvalue weighted by molar-refractivity contribution is 0.628. The largest absolute Gasteiger partial charge is 0.265 e. The summed E-state index contributed by atoms with van der Waals surface area (Å²) in [4.78, 5) is 14.7. The van der Waals surface area contributed by atoms with Crippen LogP contribution in [0.15, 0.2) is 89.3 Å². The number of hydrogen-bond acceptors (Lipinski definition) is 5. The number of halogens is 1. The number of pyridine rings is 1. The van der Waals surface area contributed by atoms with Gasteiger partial charge in [0.25, 0.3) is 0 Å². The zero-order valence-corrected chi connectivity index (χ0v) is 17.4. The minimum Gasteiger partial charge on any atom is -0.265 e. The van der Waals surface area contributed by atoms with Crippen LogP contribution in [0.3, 0.4) is 0 Å². The summed E-state index contributed by atoms with van der Waals surface area (Å²) < 4.78 is 13.4. The molecule has 0 aliphatic carbocycles. The predicted octanol–water partition coefficient (Wildman–Crippen LogP) is 6.36. The Kier molecular flexibility index (Phi) is 6.22. The molecule has 29 heavy (non-hydrogen) atoms. The zero-order valence-electron chi connectivity index (χ0n) is 15.7. The molecule has 0 radical (unpaired) electrons. The summed E-state index contributed by atoms with van der Waals surface area (Å²) in [6.45, 7) is 0. The number of benzene rings is 2. The van der Waals surface area contributed by atoms with Crippen molar-refractivity contribution in [2.24, 2.45) is 0 Å². The maximum Gasteiger partial charge on any atom is 0.188 e. The summed E-state index contributed by atoms with van der Waals surface area (Å²) in [6, 6.07) is 18.8. The van der Waals surface area contributed by atoms with Crippen molar-refractivity contribution in [1.82, 2.24) is 15.0 Å². The standard InChI is InChI=1S/C23H18FN3S2/c1-28-20-8-2-16(3-9-20)15-29-23-26-14-21(17-10-12-25-13-11-17)22(27-23)18-4-6-19(24)7-5-18/h2-14H,15H2,1H3. The van der Waals surface area contributed by atoms with Gasteiger partial charge in [0.2, 0.25) is 0 Å². The van der Waals surface area contributed by atoms with Gasteiger partial charge in [-0.3, -0.25) is 4.98 Å². The molecule has 0 aliphatic rings. The number of thioether (sulfide) groups is 2. The van der Waals surface area contributed by atoms with E-state index in [2.05, 4.69) is 40.5 Å². The highest BCUT2D eigenvalue weighted by atomic mass is 32.2. The normalized spacial score (nSPS) is 10.8. The molecule has 0 spiro atoms. The molecule has 4 aromatic rings. The summed E-state index contributed by atoms with van der Waals surface area (Å²) in [7, 11) is 0. The van der Waals surface area contributed by atoms with Gasteiger partial charge in [-0.2, -0.15) is 0 Å². The maximum absolute atomic E-state index is 13.4. The fourth-order valence-corrected chi connectivity index (χ4v) is 4.05. The fourth-order valence-electron chi connectivity index (χ4n) is 2.88. The molecule has 0 N–H and O–H groups in total. The van der Waals surface area contributed by atoms with Crippen LogP contribution >= 0.6 is 23.5 Å². The van der Waals surface area contributed by atoms with E-state index in [9.17, 15) is 4.39 Å². The Bertz CT molecular complexity index is 1090. The Hall–Kier alpha value is -2.70. The lowest BCUT2D eigenvalue weighted by atomic mass is 10.0. The summed E-state index contributed by atoms with van der Waals surface area (Å²) in [6.07, 6.45) is 7.38. The number of rotatable bonds is 6.